The molecular formula is C11H19NO4. The van der Waals surface area contributed by atoms with Crippen LogP contribution in [0, 0.1) is 5.41 Å². The van der Waals surface area contributed by atoms with Gasteiger partial charge in [-0.15, -0.1) is 0 Å². The van der Waals surface area contributed by atoms with Gasteiger partial charge in [-0.2, -0.15) is 0 Å². The van der Waals surface area contributed by atoms with E-state index >= 15 is 0 Å². The van der Waals surface area contributed by atoms with Crippen LogP contribution in [0.25, 0.3) is 0 Å². The van der Waals surface area contributed by atoms with Gasteiger partial charge >= 0.3 is 5.97 Å². The van der Waals surface area contributed by atoms with E-state index in [1.165, 1.54) is 0 Å². The van der Waals surface area contributed by atoms with Crippen molar-refractivity contribution >= 4 is 11.9 Å². The number of hydrogen-bond donors (Lipinski definition) is 1. The normalized spacial score (nSPS) is 19.5. The maximum absolute atomic E-state index is 11.7. The number of carbonyl (C=O) groups is 2. The third kappa shape index (κ3) is 4.18. The molecule has 0 aromatic carbocycles. The minimum absolute atomic E-state index is 0.117. The number of likely N-dealkylation sites (tertiary alicyclic amines) is 1. The van der Waals surface area contributed by atoms with Crippen molar-refractivity contribution in [2.45, 2.75) is 26.7 Å². The lowest BCUT2D eigenvalue weighted by atomic mass is 9.84. The monoisotopic (exact) mass is 229 g/mol. The summed E-state index contributed by atoms with van der Waals surface area (Å²) in [5.41, 5.74) is 0.153. The molecule has 0 bridgehead atoms. The van der Waals surface area contributed by atoms with Crippen LogP contribution < -0.4 is 0 Å². The van der Waals surface area contributed by atoms with Crippen molar-refractivity contribution in [3.05, 3.63) is 0 Å². The van der Waals surface area contributed by atoms with Gasteiger partial charge in [0.1, 0.15) is 13.2 Å². The van der Waals surface area contributed by atoms with Gasteiger partial charge in [0.2, 0.25) is 5.91 Å². The van der Waals surface area contributed by atoms with Gasteiger partial charge in [-0.05, 0) is 18.3 Å². The molecule has 0 saturated carbocycles. The average molecular weight is 229 g/mol. The SMILES string of the molecule is CC1(C)CCCN(C(=O)COCC(=O)O)C1. The van der Waals surface area contributed by atoms with Crippen LogP contribution in [-0.4, -0.2) is 48.2 Å². The Balaban J connectivity index is 2.33. The van der Waals surface area contributed by atoms with Crippen molar-refractivity contribution in [3.63, 3.8) is 0 Å². The number of hydrogen-bond acceptors (Lipinski definition) is 3. The first kappa shape index (κ1) is 13.0. The lowest BCUT2D eigenvalue weighted by Gasteiger charge is -2.37. The lowest BCUT2D eigenvalue weighted by molar-refractivity contribution is -0.147. The van der Waals surface area contributed by atoms with Crippen molar-refractivity contribution in [1.29, 1.82) is 0 Å². The van der Waals surface area contributed by atoms with Crippen molar-refractivity contribution in [2.24, 2.45) is 5.41 Å². The molecule has 1 rings (SSSR count). The summed E-state index contributed by atoms with van der Waals surface area (Å²) in [6.07, 6.45) is 2.12. The Bertz CT molecular complexity index is 275. The van der Waals surface area contributed by atoms with Gasteiger partial charge in [-0.25, -0.2) is 4.79 Å². The summed E-state index contributed by atoms with van der Waals surface area (Å²) in [4.78, 5) is 23.6. The second-order valence-electron chi connectivity index (χ2n) is 4.97. The summed E-state index contributed by atoms with van der Waals surface area (Å²) in [5.74, 6) is -1.17. The molecule has 0 atom stereocenters. The van der Waals surface area contributed by atoms with Gasteiger partial charge in [-0.1, -0.05) is 13.8 Å². The number of carboxylic acid groups (broad SMARTS) is 1. The zero-order chi connectivity index (χ0) is 12.2. The quantitative estimate of drug-likeness (QED) is 0.772. The summed E-state index contributed by atoms with van der Waals surface area (Å²) in [6, 6.07) is 0. The highest BCUT2D eigenvalue weighted by atomic mass is 16.5. The summed E-state index contributed by atoms with van der Waals surface area (Å²) < 4.78 is 4.79. The van der Waals surface area contributed by atoms with E-state index in [0.29, 0.717) is 0 Å². The van der Waals surface area contributed by atoms with Gasteiger partial charge in [0.25, 0.3) is 0 Å². The minimum atomic E-state index is -1.05. The Hall–Kier alpha value is -1.10. The van der Waals surface area contributed by atoms with Crippen molar-refractivity contribution in [1.82, 2.24) is 4.90 Å². The first-order valence-electron chi connectivity index (χ1n) is 5.48. The van der Waals surface area contributed by atoms with Crippen molar-refractivity contribution in [3.8, 4) is 0 Å². The number of rotatable bonds is 4. The number of piperidine rings is 1. The summed E-state index contributed by atoms with van der Waals surface area (Å²) in [5, 5.41) is 8.37. The molecule has 0 aromatic heterocycles. The number of amides is 1. The van der Waals surface area contributed by atoms with Crippen LogP contribution in [0.3, 0.4) is 0 Å². The fourth-order valence-electron chi connectivity index (χ4n) is 1.95. The third-order valence-corrected chi connectivity index (χ3v) is 2.70. The fraction of sp³-hybridized carbons (Fsp3) is 0.818. The highest BCUT2D eigenvalue weighted by Crippen LogP contribution is 2.28. The molecule has 5 heteroatoms. The molecule has 0 unspecified atom stereocenters. The van der Waals surface area contributed by atoms with E-state index in [1.54, 1.807) is 4.90 Å². The molecule has 1 fully saturated rings. The van der Waals surface area contributed by atoms with E-state index in [-0.39, 0.29) is 17.9 Å². The van der Waals surface area contributed by atoms with Crippen LogP contribution in [0.15, 0.2) is 0 Å². The first-order chi connectivity index (χ1) is 7.41. The molecule has 92 valence electrons. The maximum Gasteiger partial charge on any atom is 0.329 e. The summed E-state index contributed by atoms with van der Waals surface area (Å²) >= 11 is 0. The van der Waals surface area contributed by atoms with Gasteiger partial charge < -0.3 is 14.7 Å². The van der Waals surface area contributed by atoms with E-state index in [1.807, 2.05) is 0 Å². The Morgan fingerprint density at radius 3 is 2.62 bits per heavy atom. The van der Waals surface area contributed by atoms with Crippen molar-refractivity contribution in [2.75, 3.05) is 26.3 Å². The third-order valence-electron chi connectivity index (χ3n) is 2.70. The summed E-state index contributed by atoms with van der Waals surface area (Å²) in [6.45, 7) is 5.18. The van der Waals surface area contributed by atoms with E-state index in [9.17, 15) is 9.59 Å². The van der Waals surface area contributed by atoms with E-state index < -0.39 is 12.6 Å². The van der Waals surface area contributed by atoms with E-state index in [2.05, 4.69) is 13.8 Å². The Morgan fingerprint density at radius 1 is 1.38 bits per heavy atom. The van der Waals surface area contributed by atoms with Crippen LogP contribution in [0.1, 0.15) is 26.7 Å². The fourth-order valence-corrected chi connectivity index (χ4v) is 1.95. The number of carbonyl (C=O) groups excluding carboxylic acids is 1. The molecular weight excluding hydrogens is 210 g/mol. The van der Waals surface area contributed by atoms with Crippen molar-refractivity contribution < 1.29 is 19.4 Å². The Labute approximate surface area is 95.4 Å². The first-order valence-corrected chi connectivity index (χ1v) is 5.48. The molecule has 0 spiro atoms. The maximum atomic E-state index is 11.7. The number of nitrogens with zero attached hydrogens (tertiary/aromatic N) is 1. The molecule has 0 aliphatic carbocycles. The largest absolute Gasteiger partial charge is 0.480 e. The minimum Gasteiger partial charge on any atom is -0.480 e. The van der Waals surface area contributed by atoms with Crippen LogP contribution in [0.4, 0.5) is 0 Å². The number of ether oxygens (including phenoxy) is 1. The average Bonchev–Trinajstić information content (AvgIpc) is 2.15. The van der Waals surface area contributed by atoms with Crippen LogP contribution in [-0.2, 0) is 14.3 Å². The van der Waals surface area contributed by atoms with E-state index in [4.69, 9.17) is 9.84 Å². The zero-order valence-electron chi connectivity index (χ0n) is 9.86. The molecule has 0 radical (unpaired) electrons. The van der Waals surface area contributed by atoms with Gasteiger partial charge in [0, 0.05) is 13.1 Å². The number of aliphatic carboxylic acids is 1. The molecule has 1 saturated heterocycles. The number of carboxylic acids is 1. The second kappa shape index (κ2) is 5.30. The standard InChI is InChI=1S/C11H19NO4/c1-11(2)4-3-5-12(8-11)9(13)6-16-7-10(14)15/h3-8H2,1-2H3,(H,14,15). The topological polar surface area (TPSA) is 66.8 Å². The van der Waals surface area contributed by atoms with Gasteiger partial charge in [-0.3, -0.25) is 4.79 Å². The van der Waals surface area contributed by atoms with E-state index in [0.717, 1.165) is 25.9 Å². The molecule has 16 heavy (non-hydrogen) atoms. The molecule has 5 nitrogen and oxygen atoms in total. The second-order valence-corrected chi connectivity index (χ2v) is 4.97. The molecule has 1 N–H and O–H groups in total. The van der Waals surface area contributed by atoms with Crippen LogP contribution in [0.5, 0.6) is 0 Å². The molecule has 0 aromatic rings. The molecule has 1 amide bonds. The molecule has 1 aliphatic rings. The molecule has 1 aliphatic heterocycles. The zero-order valence-corrected chi connectivity index (χ0v) is 9.86. The summed E-state index contributed by atoms with van der Waals surface area (Å²) in [7, 11) is 0. The highest BCUT2D eigenvalue weighted by molar-refractivity contribution is 5.78. The van der Waals surface area contributed by atoms with Crippen LogP contribution >= 0.6 is 0 Å². The molecule has 1 heterocycles. The van der Waals surface area contributed by atoms with Crippen LogP contribution in [0.2, 0.25) is 0 Å². The van der Waals surface area contributed by atoms with Gasteiger partial charge in [0.15, 0.2) is 0 Å². The highest BCUT2D eigenvalue weighted by Gasteiger charge is 2.28. The Morgan fingerprint density at radius 2 is 2.06 bits per heavy atom. The predicted octanol–water partition coefficient (Wildman–Crippen LogP) is 0.736. The lowest BCUT2D eigenvalue weighted by Crippen LogP contribution is -2.45. The Kier molecular flexibility index (Phi) is 4.29. The predicted molar refractivity (Wildman–Crippen MR) is 58.0 cm³/mol. The van der Waals surface area contributed by atoms with Gasteiger partial charge in [0.05, 0.1) is 0 Å². The smallest absolute Gasteiger partial charge is 0.329 e.